The van der Waals surface area contributed by atoms with Gasteiger partial charge in [0.25, 0.3) is 0 Å². The number of benzene rings is 1. The predicted octanol–water partition coefficient (Wildman–Crippen LogP) is 4.64. The zero-order chi connectivity index (χ0) is 18.4. The summed E-state index contributed by atoms with van der Waals surface area (Å²) in [5, 5.41) is 16.2. The van der Waals surface area contributed by atoms with Gasteiger partial charge in [0.1, 0.15) is 5.01 Å². The lowest BCUT2D eigenvalue weighted by atomic mass is 9.97. The van der Waals surface area contributed by atoms with Gasteiger partial charge in [0.05, 0.1) is 11.4 Å². The summed E-state index contributed by atoms with van der Waals surface area (Å²) in [7, 11) is 0. The Morgan fingerprint density at radius 3 is 2.85 bits per heavy atom. The van der Waals surface area contributed by atoms with Gasteiger partial charge in [-0.25, -0.2) is 9.78 Å². The number of carboxylic acid groups (broad SMARTS) is 1. The van der Waals surface area contributed by atoms with Gasteiger partial charge in [0.2, 0.25) is 0 Å². The van der Waals surface area contributed by atoms with Gasteiger partial charge in [-0.15, -0.1) is 11.3 Å². The summed E-state index contributed by atoms with van der Waals surface area (Å²) in [6.45, 7) is 4.65. The number of thiazole rings is 1. The van der Waals surface area contributed by atoms with Crippen LogP contribution in [0.4, 0.5) is 10.5 Å². The molecule has 0 bridgehead atoms. The Bertz CT molecular complexity index is 725. The number of para-hydroxylation sites is 1. The number of unbranched alkanes of at least 4 members (excludes halogenated alkanes) is 1. The van der Waals surface area contributed by atoms with E-state index in [2.05, 4.69) is 17.6 Å². The number of amides is 1. The Kier molecular flexibility index (Phi) is 6.63. The number of aromatic nitrogens is 1. The van der Waals surface area contributed by atoms with Crippen LogP contribution >= 0.6 is 11.3 Å². The third-order valence-corrected chi connectivity index (χ3v) is 5.82. The molecular weight excluding hydrogens is 346 g/mol. The van der Waals surface area contributed by atoms with Crippen molar-refractivity contribution in [1.29, 1.82) is 0 Å². The number of aryl methyl sites for hydroxylation is 1. The van der Waals surface area contributed by atoms with Crippen LogP contribution in [0, 0.1) is 5.92 Å². The fraction of sp³-hybridized carbons (Fsp3) is 0.500. The van der Waals surface area contributed by atoms with Crippen LogP contribution < -0.4 is 10.2 Å². The Morgan fingerprint density at radius 1 is 1.35 bits per heavy atom. The Balaban J connectivity index is 1.85. The van der Waals surface area contributed by atoms with Crippen molar-refractivity contribution in [3.05, 3.63) is 35.3 Å². The lowest BCUT2D eigenvalue weighted by molar-refractivity contribution is 0.199. The SMILES string of the molecule is CCCCc1csc(-c2ccccc2N(CC2CCNCC2)C(=O)O)n1. The van der Waals surface area contributed by atoms with E-state index < -0.39 is 6.09 Å². The number of rotatable bonds is 7. The highest BCUT2D eigenvalue weighted by Gasteiger charge is 2.24. The number of anilines is 1. The van der Waals surface area contributed by atoms with Crippen molar-refractivity contribution >= 4 is 23.1 Å². The molecule has 2 N–H and O–H groups in total. The second kappa shape index (κ2) is 9.14. The lowest BCUT2D eigenvalue weighted by Gasteiger charge is -2.29. The summed E-state index contributed by atoms with van der Waals surface area (Å²) in [6.07, 6.45) is 4.40. The summed E-state index contributed by atoms with van der Waals surface area (Å²) in [6, 6.07) is 7.74. The van der Waals surface area contributed by atoms with E-state index in [1.165, 1.54) is 4.90 Å². The number of nitrogens with zero attached hydrogens (tertiary/aromatic N) is 2. The van der Waals surface area contributed by atoms with Crippen LogP contribution in [0.5, 0.6) is 0 Å². The highest BCUT2D eigenvalue weighted by Crippen LogP contribution is 2.34. The normalized spacial score (nSPS) is 15.1. The molecule has 3 rings (SSSR count). The molecule has 26 heavy (non-hydrogen) atoms. The van der Waals surface area contributed by atoms with Crippen LogP contribution in [0.25, 0.3) is 10.6 Å². The van der Waals surface area contributed by atoms with Gasteiger partial charge in [-0.2, -0.15) is 0 Å². The molecule has 0 unspecified atom stereocenters. The van der Waals surface area contributed by atoms with E-state index in [1.807, 2.05) is 24.3 Å². The summed E-state index contributed by atoms with van der Waals surface area (Å²) in [5.74, 6) is 0.400. The molecule has 6 heteroatoms. The molecule has 140 valence electrons. The van der Waals surface area contributed by atoms with Gasteiger partial charge in [0, 0.05) is 17.5 Å². The van der Waals surface area contributed by atoms with Crippen molar-refractivity contribution in [3.8, 4) is 10.6 Å². The molecule has 5 nitrogen and oxygen atoms in total. The van der Waals surface area contributed by atoms with Crippen molar-refractivity contribution in [2.75, 3.05) is 24.5 Å². The molecular formula is C20H27N3O2S. The largest absolute Gasteiger partial charge is 0.465 e. The Hall–Kier alpha value is -1.92. The minimum Gasteiger partial charge on any atom is -0.465 e. The molecule has 1 aromatic carbocycles. The third kappa shape index (κ3) is 4.62. The van der Waals surface area contributed by atoms with Crippen LogP contribution in [0.2, 0.25) is 0 Å². The first-order valence-corrected chi connectivity index (χ1v) is 10.3. The molecule has 0 radical (unpaired) electrons. The van der Waals surface area contributed by atoms with Gasteiger partial charge in [-0.05, 0) is 56.8 Å². The van der Waals surface area contributed by atoms with Crippen molar-refractivity contribution in [2.45, 2.75) is 39.0 Å². The summed E-state index contributed by atoms with van der Waals surface area (Å²) in [5.41, 5.74) is 2.76. The lowest BCUT2D eigenvalue weighted by Crippen LogP contribution is -2.39. The average Bonchev–Trinajstić information content (AvgIpc) is 3.14. The van der Waals surface area contributed by atoms with Crippen molar-refractivity contribution in [2.24, 2.45) is 5.92 Å². The average molecular weight is 374 g/mol. The summed E-state index contributed by atoms with van der Waals surface area (Å²) >= 11 is 1.60. The maximum Gasteiger partial charge on any atom is 0.411 e. The molecule has 1 aliphatic rings. The van der Waals surface area contributed by atoms with E-state index in [4.69, 9.17) is 4.98 Å². The van der Waals surface area contributed by atoms with Gasteiger partial charge in [-0.1, -0.05) is 25.5 Å². The van der Waals surface area contributed by atoms with Crippen LogP contribution in [-0.2, 0) is 6.42 Å². The molecule has 0 spiro atoms. The first-order valence-electron chi connectivity index (χ1n) is 9.44. The molecule has 2 aromatic rings. The van der Waals surface area contributed by atoms with E-state index in [1.54, 1.807) is 11.3 Å². The van der Waals surface area contributed by atoms with Gasteiger partial charge < -0.3 is 10.4 Å². The van der Waals surface area contributed by atoms with Crippen molar-refractivity contribution in [1.82, 2.24) is 10.3 Å². The maximum atomic E-state index is 12.0. The molecule has 1 aliphatic heterocycles. The molecule has 1 saturated heterocycles. The summed E-state index contributed by atoms with van der Waals surface area (Å²) in [4.78, 5) is 18.3. The van der Waals surface area contributed by atoms with E-state index in [0.717, 1.165) is 67.1 Å². The molecule has 0 saturated carbocycles. The smallest absolute Gasteiger partial charge is 0.411 e. The van der Waals surface area contributed by atoms with Crippen molar-refractivity contribution in [3.63, 3.8) is 0 Å². The van der Waals surface area contributed by atoms with E-state index in [-0.39, 0.29) is 0 Å². The van der Waals surface area contributed by atoms with E-state index in [0.29, 0.717) is 12.5 Å². The van der Waals surface area contributed by atoms with Gasteiger partial charge in [0.15, 0.2) is 0 Å². The maximum absolute atomic E-state index is 12.0. The molecule has 1 fully saturated rings. The minimum atomic E-state index is -0.890. The fourth-order valence-corrected chi connectivity index (χ4v) is 4.28. The Morgan fingerprint density at radius 2 is 2.12 bits per heavy atom. The van der Waals surface area contributed by atoms with Crippen LogP contribution in [-0.4, -0.2) is 35.8 Å². The first kappa shape index (κ1) is 18.9. The van der Waals surface area contributed by atoms with Crippen LogP contribution in [0.1, 0.15) is 38.3 Å². The Labute approximate surface area is 159 Å². The van der Waals surface area contributed by atoms with Crippen molar-refractivity contribution < 1.29 is 9.90 Å². The number of hydrogen-bond donors (Lipinski definition) is 2. The second-order valence-electron chi connectivity index (χ2n) is 6.85. The molecule has 1 amide bonds. The zero-order valence-corrected chi connectivity index (χ0v) is 16.1. The third-order valence-electron chi connectivity index (χ3n) is 4.89. The van der Waals surface area contributed by atoms with E-state index >= 15 is 0 Å². The highest BCUT2D eigenvalue weighted by molar-refractivity contribution is 7.13. The van der Waals surface area contributed by atoms with E-state index in [9.17, 15) is 9.90 Å². The second-order valence-corrected chi connectivity index (χ2v) is 7.71. The molecule has 0 atom stereocenters. The fourth-order valence-electron chi connectivity index (χ4n) is 3.40. The molecule has 2 heterocycles. The highest BCUT2D eigenvalue weighted by atomic mass is 32.1. The number of carbonyl (C=O) groups is 1. The van der Waals surface area contributed by atoms with Gasteiger partial charge in [-0.3, -0.25) is 4.90 Å². The predicted molar refractivity (Wildman–Crippen MR) is 107 cm³/mol. The first-order chi connectivity index (χ1) is 12.7. The van der Waals surface area contributed by atoms with Gasteiger partial charge >= 0.3 is 6.09 Å². The topological polar surface area (TPSA) is 65.5 Å². The number of nitrogens with one attached hydrogen (secondary N) is 1. The minimum absolute atomic E-state index is 0.400. The number of hydrogen-bond acceptors (Lipinski definition) is 4. The standard InChI is InChI=1S/C20H27N3O2S/c1-2-3-6-16-14-26-19(22-16)17-7-4-5-8-18(17)23(20(24)25)13-15-9-11-21-12-10-15/h4-5,7-8,14-15,21H,2-3,6,9-13H2,1H3,(H,24,25). The monoisotopic (exact) mass is 373 g/mol. The van der Waals surface area contributed by atoms with Crippen LogP contribution in [0.3, 0.4) is 0 Å². The summed E-state index contributed by atoms with van der Waals surface area (Å²) < 4.78 is 0. The zero-order valence-electron chi connectivity index (χ0n) is 15.3. The molecule has 1 aromatic heterocycles. The number of piperidine rings is 1. The quantitative estimate of drug-likeness (QED) is 0.742. The molecule has 0 aliphatic carbocycles. The van der Waals surface area contributed by atoms with Crippen LogP contribution in [0.15, 0.2) is 29.6 Å².